The lowest BCUT2D eigenvalue weighted by molar-refractivity contribution is -0.327. The lowest BCUT2D eigenvalue weighted by Gasteiger charge is -2.41. The van der Waals surface area contributed by atoms with E-state index in [1.807, 2.05) is 0 Å². The standard InChI is InChI=1S/C25H30O15/c1-36-23(35)14-10-38-24(40-25-22(34)21(33)20(32)17(9-26)39-25)13(7-18(29)30)12(14)8-19(31)37-5-4-11-2-3-15(27)16(28)6-11/h2-3,6-7,10,12,17,20-22,24-28,32-34H,4-5,8-9H2,1H3,(H,29,30)/t12-,17-,20-,21+,22-,24-,25-/m1/s1. The van der Waals surface area contributed by atoms with E-state index in [1.165, 1.54) is 18.2 Å². The predicted molar refractivity (Wildman–Crippen MR) is 128 cm³/mol. The van der Waals surface area contributed by atoms with Crippen molar-refractivity contribution >= 4 is 17.9 Å². The molecule has 1 aromatic carbocycles. The van der Waals surface area contributed by atoms with Gasteiger partial charge in [0.15, 0.2) is 17.8 Å². The van der Waals surface area contributed by atoms with E-state index in [1.54, 1.807) is 0 Å². The fourth-order valence-corrected chi connectivity index (χ4v) is 4.13. The molecule has 0 unspecified atom stereocenters. The van der Waals surface area contributed by atoms with Crippen LogP contribution in [0, 0.1) is 5.92 Å². The van der Waals surface area contributed by atoms with E-state index >= 15 is 0 Å². The molecule has 1 saturated heterocycles. The molecule has 0 radical (unpaired) electrons. The van der Waals surface area contributed by atoms with Crippen LogP contribution in [0.2, 0.25) is 0 Å². The van der Waals surface area contributed by atoms with Gasteiger partial charge in [0.1, 0.15) is 24.4 Å². The van der Waals surface area contributed by atoms with Crippen LogP contribution >= 0.6 is 0 Å². The van der Waals surface area contributed by atoms with Gasteiger partial charge in [0.05, 0.1) is 38.6 Å². The normalized spacial score (nSPS) is 29.3. The summed E-state index contributed by atoms with van der Waals surface area (Å²) < 4.78 is 26.1. The predicted octanol–water partition coefficient (Wildman–Crippen LogP) is -1.57. The topological polar surface area (TPSA) is 239 Å². The largest absolute Gasteiger partial charge is 0.504 e. The number of carbonyl (C=O) groups excluding carboxylic acids is 2. The Morgan fingerprint density at radius 3 is 2.40 bits per heavy atom. The van der Waals surface area contributed by atoms with Crippen LogP contribution in [0.15, 0.2) is 41.7 Å². The van der Waals surface area contributed by atoms with Gasteiger partial charge in [-0.3, -0.25) is 4.79 Å². The zero-order valence-corrected chi connectivity index (χ0v) is 21.2. The quantitative estimate of drug-likeness (QED) is 0.0955. The van der Waals surface area contributed by atoms with Gasteiger partial charge in [-0.15, -0.1) is 0 Å². The van der Waals surface area contributed by atoms with Gasteiger partial charge >= 0.3 is 17.9 Å². The molecule has 0 aliphatic carbocycles. The highest BCUT2D eigenvalue weighted by molar-refractivity contribution is 5.91. The maximum Gasteiger partial charge on any atom is 0.337 e. The summed E-state index contributed by atoms with van der Waals surface area (Å²) in [6.07, 6.45) is -8.94. The molecule has 0 aromatic heterocycles. The average Bonchev–Trinajstić information content (AvgIpc) is 2.92. The third-order valence-electron chi connectivity index (χ3n) is 6.25. The van der Waals surface area contributed by atoms with E-state index < -0.39 is 73.8 Å². The van der Waals surface area contributed by atoms with Crippen molar-refractivity contribution in [3.63, 3.8) is 0 Å². The van der Waals surface area contributed by atoms with E-state index in [9.17, 15) is 50.1 Å². The maximum absolute atomic E-state index is 12.7. The zero-order chi connectivity index (χ0) is 29.6. The maximum atomic E-state index is 12.7. The number of carbonyl (C=O) groups is 3. The van der Waals surface area contributed by atoms with Crippen LogP contribution in [0.3, 0.4) is 0 Å². The van der Waals surface area contributed by atoms with Gasteiger partial charge < -0.3 is 59.4 Å². The molecule has 0 amide bonds. The van der Waals surface area contributed by atoms with E-state index in [2.05, 4.69) is 0 Å². The van der Waals surface area contributed by atoms with Crippen molar-refractivity contribution in [3.05, 3.63) is 47.2 Å². The third-order valence-corrected chi connectivity index (χ3v) is 6.25. The SMILES string of the molecule is COC(=O)C1=CO[C@H](O[C@H]2O[C@H](CO)[C@@H](O)[C@H](O)[C@H]2O)C(=CC(=O)O)[C@H]1CC(=O)OCCc1ccc(O)c(O)c1. The number of aliphatic carboxylic acids is 1. The summed E-state index contributed by atoms with van der Waals surface area (Å²) in [5.41, 5.74) is 0.0283. The van der Waals surface area contributed by atoms with Gasteiger partial charge in [0, 0.05) is 24.0 Å². The Hall–Kier alpha value is -3.73. The van der Waals surface area contributed by atoms with E-state index in [-0.39, 0.29) is 35.7 Å². The number of phenolic OH excluding ortho intramolecular Hbond substituents is 2. The van der Waals surface area contributed by atoms with Gasteiger partial charge in [-0.2, -0.15) is 0 Å². The Balaban J connectivity index is 1.80. The van der Waals surface area contributed by atoms with Crippen LogP contribution < -0.4 is 0 Å². The van der Waals surface area contributed by atoms with E-state index in [4.69, 9.17) is 23.7 Å². The number of esters is 2. The Morgan fingerprint density at radius 1 is 1.05 bits per heavy atom. The molecule has 0 bridgehead atoms. The smallest absolute Gasteiger partial charge is 0.337 e. The Labute approximate surface area is 227 Å². The first kappa shape index (κ1) is 30.8. The summed E-state index contributed by atoms with van der Waals surface area (Å²) in [7, 11) is 1.06. The molecule has 40 heavy (non-hydrogen) atoms. The van der Waals surface area contributed by atoms with Gasteiger partial charge in [0.2, 0.25) is 6.29 Å². The van der Waals surface area contributed by atoms with Gasteiger partial charge in [-0.25, -0.2) is 9.59 Å². The monoisotopic (exact) mass is 570 g/mol. The molecule has 7 atom stereocenters. The summed E-state index contributed by atoms with van der Waals surface area (Å²) in [6.45, 7) is -0.912. The number of carboxylic acid groups (broad SMARTS) is 1. The molecule has 0 saturated carbocycles. The molecule has 15 heteroatoms. The number of aliphatic hydroxyl groups is 4. The molecular formula is C25H30O15. The molecule has 0 spiro atoms. The minimum atomic E-state index is -1.85. The number of phenols is 2. The number of benzene rings is 1. The van der Waals surface area contributed by atoms with Gasteiger partial charge in [0.25, 0.3) is 0 Å². The Kier molecular flexibility index (Phi) is 10.4. The van der Waals surface area contributed by atoms with E-state index in [0.717, 1.165) is 13.4 Å². The van der Waals surface area contributed by atoms with Crippen molar-refractivity contribution < 1.29 is 73.8 Å². The summed E-state index contributed by atoms with van der Waals surface area (Å²) in [5.74, 6) is -5.27. The number of hydrogen-bond donors (Lipinski definition) is 7. The average molecular weight is 571 g/mol. The summed E-state index contributed by atoms with van der Waals surface area (Å²) >= 11 is 0. The lowest BCUT2D eigenvalue weighted by atomic mass is 9.86. The number of aromatic hydroxyl groups is 2. The molecule has 3 rings (SSSR count). The minimum Gasteiger partial charge on any atom is -0.504 e. The zero-order valence-electron chi connectivity index (χ0n) is 21.2. The highest BCUT2D eigenvalue weighted by atomic mass is 16.8. The highest BCUT2D eigenvalue weighted by Crippen LogP contribution is 2.36. The van der Waals surface area contributed by atoms with Crippen molar-refractivity contribution in [1.82, 2.24) is 0 Å². The third kappa shape index (κ3) is 7.26. The first-order chi connectivity index (χ1) is 19.0. The molecule has 1 aromatic rings. The van der Waals surface area contributed by atoms with Crippen molar-refractivity contribution in [2.75, 3.05) is 20.3 Å². The van der Waals surface area contributed by atoms with Crippen LogP contribution in [0.5, 0.6) is 11.5 Å². The number of methoxy groups -OCH3 is 1. The second kappa shape index (κ2) is 13.6. The molecule has 2 aliphatic rings. The van der Waals surface area contributed by atoms with Gasteiger partial charge in [-0.05, 0) is 17.7 Å². The van der Waals surface area contributed by atoms with Gasteiger partial charge in [-0.1, -0.05) is 6.07 Å². The number of aliphatic hydroxyl groups excluding tert-OH is 4. The molecule has 2 aliphatic heterocycles. The van der Waals surface area contributed by atoms with Crippen molar-refractivity contribution in [3.8, 4) is 11.5 Å². The number of hydrogen-bond acceptors (Lipinski definition) is 14. The van der Waals surface area contributed by atoms with E-state index in [0.29, 0.717) is 11.6 Å². The Morgan fingerprint density at radius 2 is 1.77 bits per heavy atom. The summed E-state index contributed by atoms with van der Waals surface area (Å²) in [5, 5.41) is 68.2. The fourth-order valence-electron chi connectivity index (χ4n) is 4.13. The molecule has 7 N–H and O–H groups in total. The van der Waals surface area contributed by atoms with Crippen molar-refractivity contribution in [1.29, 1.82) is 0 Å². The van der Waals surface area contributed by atoms with Crippen LogP contribution in [-0.4, -0.2) is 111 Å². The first-order valence-electron chi connectivity index (χ1n) is 12.0. The lowest BCUT2D eigenvalue weighted by Crippen LogP contribution is -2.60. The van der Waals surface area contributed by atoms with Crippen LogP contribution in [0.4, 0.5) is 0 Å². The van der Waals surface area contributed by atoms with Crippen molar-refractivity contribution in [2.45, 2.75) is 49.8 Å². The second-order valence-electron chi connectivity index (χ2n) is 8.90. The highest BCUT2D eigenvalue weighted by Gasteiger charge is 2.47. The summed E-state index contributed by atoms with van der Waals surface area (Å²) in [6, 6.07) is 4.06. The van der Waals surface area contributed by atoms with Crippen LogP contribution in [0.25, 0.3) is 0 Å². The molecular weight excluding hydrogens is 540 g/mol. The first-order valence-corrected chi connectivity index (χ1v) is 12.0. The fraction of sp³-hybridized carbons (Fsp3) is 0.480. The number of ether oxygens (including phenoxy) is 5. The second-order valence-corrected chi connectivity index (χ2v) is 8.90. The molecule has 220 valence electrons. The van der Waals surface area contributed by atoms with Crippen molar-refractivity contribution in [2.24, 2.45) is 5.92 Å². The number of carboxylic acids is 1. The van der Waals surface area contributed by atoms with Crippen LogP contribution in [-0.2, 0) is 44.5 Å². The van der Waals surface area contributed by atoms with Crippen LogP contribution in [0.1, 0.15) is 12.0 Å². The summed E-state index contributed by atoms with van der Waals surface area (Å²) in [4.78, 5) is 36.8. The Bertz CT molecular complexity index is 1140. The molecule has 2 heterocycles. The minimum absolute atomic E-state index is 0.160. The number of rotatable bonds is 10. The molecule has 1 fully saturated rings. The molecule has 15 nitrogen and oxygen atoms in total.